The van der Waals surface area contributed by atoms with Crippen LogP contribution in [0.5, 0.6) is 5.75 Å². The van der Waals surface area contributed by atoms with Crippen molar-refractivity contribution in [1.29, 1.82) is 0 Å². The molecule has 3 saturated heterocycles. The number of ether oxygens (including phenoxy) is 2. The lowest BCUT2D eigenvalue weighted by Gasteiger charge is -2.40. The van der Waals surface area contributed by atoms with Gasteiger partial charge in [0, 0.05) is 61.3 Å². The first-order valence-corrected chi connectivity index (χ1v) is 19.6. The van der Waals surface area contributed by atoms with Gasteiger partial charge in [0.15, 0.2) is 0 Å². The van der Waals surface area contributed by atoms with Gasteiger partial charge in [0.05, 0.1) is 52.9 Å². The van der Waals surface area contributed by atoms with E-state index < -0.39 is 17.3 Å². The highest BCUT2D eigenvalue weighted by atomic mass is 19.4. The number of halogens is 3. The second-order valence-corrected chi connectivity index (χ2v) is 15.6. The number of carbonyl (C=O) groups is 1. The number of hydrogen-bond donors (Lipinski definition) is 1. The number of alkyl halides is 3. The summed E-state index contributed by atoms with van der Waals surface area (Å²) in [4.78, 5) is 27.5. The van der Waals surface area contributed by atoms with Crippen molar-refractivity contribution in [3.8, 4) is 17.0 Å². The van der Waals surface area contributed by atoms with Crippen LogP contribution in [0.2, 0.25) is 0 Å². The minimum Gasteiger partial charge on any atom is -0.489 e. The first-order valence-electron chi connectivity index (χ1n) is 19.6. The lowest BCUT2D eigenvalue weighted by molar-refractivity contribution is -0.137. The van der Waals surface area contributed by atoms with Gasteiger partial charge >= 0.3 is 6.18 Å². The molecule has 11 heteroatoms. The van der Waals surface area contributed by atoms with E-state index in [1.807, 2.05) is 56.3 Å². The molecular formula is C43H50F3N5O3. The SMILES string of the molecule is CC(C)Oc1cc2nc(-c3cccc(C(F)(F)F)c3)c(CN3CCC(N4CCOCC4)CC3)c(C(=O)NC3(c4ccccc4)CC3)c2cc1N1CCCC1. The van der Waals surface area contributed by atoms with E-state index >= 15 is 4.79 Å². The summed E-state index contributed by atoms with van der Waals surface area (Å²) >= 11 is 0. The fourth-order valence-electron chi connectivity index (χ4n) is 8.62. The van der Waals surface area contributed by atoms with Crippen molar-refractivity contribution >= 4 is 22.5 Å². The number of rotatable bonds is 10. The Kier molecular flexibility index (Phi) is 10.3. The maximum absolute atomic E-state index is 15.1. The van der Waals surface area contributed by atoms with E-state index in [2.05, 4.69) is 20.0 Å². The molecule has 0 unspecified atom stereocenters. The molecule has 1 amide bonds. The molecule has 1 aliphatic carbocycles. The lowest BCUT2D eigenvalue weighted by Crippen LogP contribution is -2.48. The van der Waals surface area contributed by atoms with Crippen LogP contribution in [0.25, 0.3) is 22.2 Å². The van der Waals surface area contributed by atoms with Crippen LogP contribution >= 0.6 is 0 Å². The molecule has 3 aromatic carbocycles. The molecule has 0 spiro atoms. The van der Waals surface area contributed by atoms with Crippen molar-refractivity contribution < 1.29 is 27.4 Å². The number of benzene rings is 3. The highest BCUT2D eigenvalue weighted by molar-refractivity contribution is 6.10. The predicted molar refractivity (Wildman–Crippen MR) is 205 cm³/mol. The minimum absolute atomic E-state index is 0.116. The van der Waals surface area contributed by atoms with E-state index in [1.165, 1.54) is 12.1 Å². The maximum Gasteiger partial charge on any atom is 0.416 e. The topological polar surface area (TPSA) is 70.2 Å². The molecule has 0 atom stereocenters. The summed E-state index contributed by atoms with van der Waals surface area (Å²) in [5.41, 5.74) is 3.08. The van der Waals surface area contributed by atoms with Crippen molar-refractivity contribution in [2.24, 2.45) is 0 Å². The third-order valence-corrected chi connectivity index (χ3v) is 11.6. The summed E-state index contributed by atoms with van der Waals surface area (Å²) in [6.45, 7) is 11.0. The monoisotopic (exact) mass is 741 g/mol. The number of fused-ring (bicyclic) bond motifs is 1. The fourth-order valence-corrected chi connectivity index (χ4v) is 8.62. The van der Waals surface area contributed by atoms with Crippen LogP contribution in [0.1, 0.15) is 79.4 Å². The Morgan fingerprint density at radius 1 is 0.944 bits per heavy atom. The van der Waals surface area contributed by atoms with E-state index in [0.29, 0.717) is 51.6 Å². The summed E-state index contributed by atoms with van der Waals surface area (Å²) in [6, 6.07) is 19.8. The maximum atomic E-state index is 15.1. The molecule has 1 aromatic heterocycles. The van der Waals surface area contributed by atoms with Crippen molar-refractivity contribution in [1.82, 2.24) is 20.1 Å². The number of nitrogens with zero attached hydrogens (tertiary/aromatic N) is 4. The first kappa shape index (κ1) is 36.8. The Morgan fingerprint density at radius 3 is 2.33 bits per heavy atom. The highest BCUT2D eigenvalue weighted by Gasteiger charge is 2.46. The lowest BCUT2D eigenvalue weighted by atomic mass is 9.92. The Labute approximate surface area is 315 Å². The minimum atomic E-state index is -4.54. The third kappa shape index (κ3) is 7.68. The average molecular weight is 742 g/mol. The summed E-state index contributed by atoms with van der Waals surface area (Å²) in [5.74, 6) is 0.425. The second-order valence-electron chi connectivity index (χ2n) is 15.6. The molecule has 4 heterocycles. The Bertz CT molecular complexity index is 1960. The van der Waals surface area contributed by atoms with E-state index in [4.69, 9.17) is 14.5 Å². The molecule has 54 heavy (non-hydrogen) atoms. The van der Waals surface area contributed by atoms with Crippen LogP contribution in [0.4, 0.5) is 18.9 Å². The van der Waals surface area contributed by atoms with Gasteiger partial charge in [-0.05, 0) is 89.2 Å². The highest BCUT2D eigenvalue weighted by Crippen LogP contribution is 2.47. The van der Waals surface area contributed by atoms with E-state index in [0.717, 1.165) is 108 Å². The van der Waals surface area contributed by atoms with E-state index in [-0.39, 0.29) is 12.0 Å². The van der Waals surface area contributed by atoms with Gasteiger partial charge in [-0.1, -0.05) is 42.5 Å². The van der Waals surface area contributed by atoms with Gasteiger partial charge in [0.2, 0.25) is 0 Å². The molecule has 1 saturated carbocycles. The predicted octanol–water partition coefficient (Wildman–Crippen LogP) is 8.02. The van der Waals surface area contributed by atoms with Gasteiger partial charge in [-0.2, -0.15) is 13.2 Å². The molecule has 0 bridgehead atoms. The van der Waals surface area contributed by atoms with Crippen LogP contribution < -0.4 is 15.0 Å². The zero-order valence-corrected chi connectivity index (χ0v) is 31.3. The fraction of sp³-hybridized carbons (Fsp3) is 0.488. The molecule has 8 nitrogen and oxygen atoms in total. The number of piperidine rings is 1. The van der Waals surface area contributed by atoms with Crippen molar-refractivity contribution in [2.45, 2.75) is 82.8 Å². The van der Waals surface area contributed by atoms with Crippen LogP contribution in [-0.4, -0.2) is 85.3 Å². The van der Waals surface area contributed by atoms with Gasteiger partial charge < -0.3 is 19.7 Å². The van der Waals surface area contributed by atoms with Gasteiger partial charge in [0.1, 0.15) is 5.75 Å². The van der Waals surface area contributed by atoms with Crippen LogP contribution in [0, 0.1) is 0 Å². The first-order chi connectivity index (χ1) is 26.1. The molecule has 1 N–H and O–H groups in total. The van der Waals surface area contributed by atoms with Crippen molar-refractivity contribution in [2.75, 3.05) is 57.4 Å². The van der Waals surface area contributed by atoms with Gasteiger partial charge in [0.25, 0.3) is 5.91 Å². The van der Waals surface area contributed by atoms with Gasteiger partial charge in [-0.3, -0.25) is 14.6 Å². The standard InChI is InChI=1S/C43H50F3N5O3/c1-29(2)54-38-27-36-34(26-37(38)51-17-6-7-18-51)39(41(52)48-42(15-16-42)31-10-4-3-5-11-31)35(40(47-36)30-9-8-12-32(25-30)43(44,45)46)28-49-19-13-33(14-20-49)50-21-23-53-24-22-50/h3-5,8-12,25-27,29,33H,6-7,13-24,28H2,1-2H3,(H,48,52). The summed E-state index contributed by atoms with van der Waals surface area (Å²) in [5, 5.41) is 4.13. The molecule has 0 radical (unpaired) electrons. The van der Waals surface area contributed by atoms with E-state index in [9.17, 15) is 13.2 Å². The number of anilines is 1. The molecule has 3 aliphatic heterocycles. The largest absolute Gasteiger partial charge is 0.489 e. The van der Waals surface area contributed by atoms with Crippen molar-refractivity contribution in [3.63, 3.8) is 0 Å². The normalized spacial score (nSPS) is 19.8. The van der Waals surface area contributed by atoms with E-state index in [1.54, 1.807) is 6.07 Å². The van der Waals surface area contributed by atoms with Gasteiger partial charge in [-0.15, -0.1) is 0 Å². The zero-order chi connectivity index (χ0) is 37.5. The molecule has 4 aliphatic rings. The van der Waals surface area contributed by atoms with Crippen molar-refractivity contribution in [3.05, 3.63) is 89.0 Å². The number of amides is 1. The number of pyridine rings is 1. The summed E-state index contributed by atoms with van der Waals surface area (Å²) < 4.78 is 54.6. The molecule has 4 fully saturated rings. The molecular weight excluding hydrogens is 691 g/mol. The van der Waals surface area contributed by atoms with Crippen LogP contribution in [0.15, 0.2) is 66.7 Å². The molecule has 4 aromatic rings. The smallest absolute Gasteiger partial charge is 0.416 e. The van der Waals surface area contributed by atoms with Gasteiger partial charge in [-0.25, -0.2) is 4.98 Å². The Hall–Kier alpha value is -4.19. The van der Waals surface area contributed by atoms with Crippen LogP contribution in [0.3, 0.4) is 0 Å². The quantitative estimate of drug-likeness (QED) is 0.177. The Morgan fingerprint density at radius 2 is 1.67 bits per heavy atom. The number of likely N-dealkylation sites (tertiary alicyclic amines) is 1. The number of carbonyl (C=O) groups excluding carboxylic acids is 1. The van der Waals surface area contributed by atoms with Crippen LogP contribution in [-0.2, 0) is 23.0 Å². The summed E-state index contributed by atoms with van der Waals surface area (Å²) in [6.07, 6.45) is 1.01. The third-order valence-electron chi connectivity index (χ3n) is 11.6. The number of aromatic nitrogens is 1. The molecule has 8 rings (SSSR count). The Balaban J connectivity index is 1.29. The average Bonchev–Trinajstić information content (AvgIpc) is 3.74. The number of morpholine rings is 1. The number of hydrogen-bond acceptors (Lipinski definition) is 7. The zero-order valence-electron chi connectivity index (χ0n) is 31.3. The summed E-state index contributed by atoms with van der Waals surface area (Å²) in [7, 11) is 0. The second kappa shape index (κ2) is 15.2. The number of nitrogens with one attached hydrogen (secondary N) is 1. The molecule has 286 valence electrons.